The fraction of sp³-hybridized carbons (Fsp3) is 0.500. The molecular weight excluding hydrogens is 111 g/mol. The Morgan fingerprint density at radius 1 is 1.43 bits per heavy atom. The first-order valence-corrected chi connectivity index (χ1v) is 1.06. The van der Waals surface area contributed by atoms with Crippen LogP contribution in [0.25, 0.3) is 0 Å². The summed E-state index contributed by atoms with van der Waals surface area (Å²) in [5, 5.41) is 22.2. The van der Waals surface area contributed by atoms with Gasteiger partial charge in [-0.2, -0.15) is 7.11 Å². The summed E-state index contributed by atoms with van der Waals surface area (Å²) in [7, 11) is 0.750. The minimum atomic E-state index is -1.83. The van der Waals surface area contributed by atoms with E-state index in [4.69, 9.17) is 20.1 Å². The molecule has 5 heteroatoms. The number of hydrogen-bond acceptors (Lipinski definition) is 2. The summed E-state index contributed by atoms with van der Waals surface area (Å²) < 4.78 is 0. The van der Waals surface area contributed by atoms with Crippen molar-refractivity contribution >= 4 is 6.16 Å². The van der Waals surface area contributed by atoms with Crippen LogP contribution in [0, 0.1) is 0 Å². The number of rotatable bonds is 0. The largest absolute Gasteiger partial charge is 1.00 e. The number of carbonyl (C=O) groups is 1. The molecule has 0 aliphatic carbocycles. The van der Waals surface area contributed by atoms with Crippen LogP contribution < -0.4 is 34.7 Å². The maximum atomic E-state index is 8.56. The van der Waals surface area contributed by atoms with Crippen molar-refractivity contribution in [3.63, 3.8) is 0 Å². The van der Waals surface area contributed by atoms with Crippen molar-refractivity contribution in [2.45, 2.75) is 0 Å². The van der Waals surface area contributed by atoms with E-state index in [0.29, 0.717) is 0 Å². The van der Waals surface area contributed by atoms with Crippen molar-refractivity contribution in [3.8, 4) is 0 Å². The molecule has 0 amide bonds. The van der Waals surface area contributed by atoms with Gasteiger partial charge in [0, 0.05) is 0 Å². The van der Waals surface area contributed by atoms with E-state index in [0.717, 1.165) is 7.11 Å². The van der Waals surface area contributed by atoms with Gasteiger partial charge in [-0.3, -0.25) is 0 Å². The predicted molar refractivity (Wildman–Crippen MR) is 16.6 cm³/mol. The van der Waals surface area contributed by atoms with E-state index in [1.54, 1.807) is 0 Å². The van der Waals surface area contributed by atoms with E-state index in [1.165, 1.54) is 0 Å². The Kier molecular flexibility index (Phi) is 36.6. The summed E-state index contributed by atoms with van der Waals surface area (Å²) in [6, 6.07) is 0. The van der Waals surface area contributed by atoms with E-state index < -0.39 is 6.16 Å². The average Bonchev–Trinajstić information content (AvgIpc) is 1.41. The SMILES string of the molecule is C[O-].O=C(O)O.[Na+]. The molecule has 7 heavy (non-hydrogen) atoms. The number of carboxylic acid groups (broad SMARTS) is 2. The molecule has 0 unspecified atom stereocenters. The molecule has 38 valence electrons. The summed E-state index contributed by atoms with van der Waals surface area (Å²) in [4.78, 5) is 8.56. The summed E-state index contributed by atoms with van der Waals surface area (Å²) in [5.74, 6) is 0. The Balaban J connectivity index is -0.0000000480. The molecule has 0 aromatic rings. The molecule has 0 saturated heterocycles. The van der Waals surface area contributed by atoms with Crippen molar-refractivity contribution in [1.29, 1.82) is 0 Å². The standard InChI is InChI=1S/CH2O3.CH3O.Na/c2-1(3)4;1-2;/h(H2,2,3,4);1H3;/q;-1;+1. The third kappa shape index (κ3) is 2110. The van der Waals surface area contributed by atoms with Crippen molar-refractivity contribution in [2.24, 2.45) is 0 Å². The molecule has 0 atom stereocenters. The minimum absolute atomic E-state index is 0. The van der Waals surface area contributed by atoms with Crippen LogP contribution in [0.5, 0.6) is 0 Å². The van der Waals surface area contributed by atoms with Crippen molar-refractivity contribution in [3.05, 3.63) is 0 Å². The number of hydrogen-bond donors (Lipinski definition) is 2. The van der Waals surface area contributed by atoms with E-state index in [-0.39, 0.29) is 29.6 Å². The van der Waals surface area contributed by atoms with Gasteiger partial charge >= 0.3 is 35.7 Å². The Morgan fingerprint density at radius 3 is 1.43 bits per heavy atom. The fourth-order valence-electron chi connectivity index (χ4n) is 0. The third-order valence-electron chi connectivity index (χ3n) is 0. The van der Waals surface area contributed by atoms with Crippen LogP contribution in [0.1, 0.15) is 0 Å². The monoisotopic (exact) mass is 116 g/mol. The molecule has 0 heterocycles. The summed E-state index contributed by atoms with van der Waals surface area (Å²) in [6.45, 7) is 0. The summed E-state index contributed by atoms with van der Waals surface area (Å²) in [6.07, 6.45) is -1.83. The Morgan fingerprint density at radius 2 is 1.43 bits per heavy atom. The first-order valence-electron chi connectivity index (χ1n) is 1.06. The Hall–Kier alpha value is 0.230. The maximum Gasteiger partial charge on any atom is 1.00 e. The normalized spacial score (nSPS) is 4.29. The van der Waals surface area contributed by atoms with Gasteiger partial charge in [-0.25, -0.2) is 4.79 Å². The molecule has 0 saturated carbocycles. The average molecular weight is 116 g/mol. The smallest absolute Gasteiger partial charge is 0.857 e. The third-order valence-corrected chi connectivity index (χ3v) is 0. The molecule has 0 aliphatic rings. The molecule has 0 spiro atoms. The summed E-state index contributed by atoms with van der Waals surface area (Å²) in [5.41, 5.74) is 0. The zero-order valence-electron chi connectivity index (χ0n) is 4.21. The van der Waals surface area contributed by atoms with E-state index in [2.05, 4.69) is 0 Å². The molecule has 0 bridgehead atoms. The Bertz CT molecular complexity index is 32.7. The zero-order chi connectivity index (χ0) is 5.58. The molecule has 2 N–H and O–H groups in total. The zero-order valence-corrected chi connectivity index (χ0v) is 6.21. The van der Waals surface area contributed by atoms with Crippen LogP contribution in [-0.4, -0.2) is 23.5 Å². The molecule has 0 aromatic carbocycles. The van der Waals surface area contributed by atoms with Crippen LogP contribution in [0.4, 0.5) is 4.79 Å². The first-order chi connectivity index (χ1) is 2.73. The Labute approximate surface area is 63.1 Å². The second-order valence-corrected chi connectivity index (χ2v) is 0.283. The van der Waals surface area contributed by atoms with Crippen LogP contribution >= 0.6 is 0 Å². The minimum Gasteiger partial charge on any atom is -0.857 e. The van der Waals surface area contributed by atoms with Crippen LogP contribution in [0.15, 0.2) is 0 Å². The van der Waals surface area contributed by atoms with Gasteiger partial charge in [0.05, 0.1) is 0 Å². The van der Waals surface area contributed by atoms with Gasteiger partial charge in [0.1, 0.15) is 0 Å². The molecule has 0 aliphatic heterocycles. The van der Waals surface area contributed by atoms with Crippen molar-refractivity contribution < 1.29 is 49.7 Å². The maximum absolute atomic E-state index is 8.56. The quantitative estimate of drug-likeness (QED) is 0.318. The fourth-order valence-corrected chi connectivity index (χ4v) is 0. The van der Waals surface area contributed by atoms with Crippen LogP contribution in [0.2, 0.25) is 0 Å². The van der Waals surface area contributed by atoms with Gasteiger partial charge in [0.2, 0.25) is 0 Å². The van der Waals surface area contributed by atoms with Crippen molar-refractivity contribution in [1.82, 2.24) is 0 Å². The van der Waals surface area contributed by atoms with E-state index in [1.807, 2.05) is 0 Å². The second-order valence-electron chi connectivity index (χ2n) is 0.283. The van der Waals surface area contributed by atoms with Gasteiger partial charge < -0.3 is 15.3 Å². The summed E-state index contributed by atoms with van der Waals surface area (Å²) >= 11 is 0. The molecule has 0 radical (unpaired) electrons. The molecule has 0 aromatic heterocycles. The first kappa shape index (κ1) is 15.7. The molecular formula is C2H5NaO4. The van der Waals surface area contributed by atoms with Crippen LogP contribution in [0.3, 0.4) is 0 Å². The van der Waals surface area contributed by atoms with Gasteiger partial charge in [0.15, 0.2) is 0 Å². The second kappa shape index (κ2) is 16.3. The van der Waals surface area contributed by atoms with Gasteiger partial charge in [-0.05, 0) is 0 Å². The molecule has 0 rings (SSSR count). The van der Waals surface area contributed by atoms with E-state index >= 15 is 0 Å². The van der Waals surface area contributed by atoms with Gasteiger partial charge in [-0.1, -0.05) is 0 Å². The molecule has 0 fully saturated rings. The topological polar surface area (TPSA) is 80.6 Å². The van der Waals surface area contributed by atoms with Crippen molar-refractivity contribution in [2.75, 3.05) is 7.11 Å². The van der Waals surface area contributed by atoms with Crippen LogP contribution in [-0.2, 0) is 0 Å². The van der Waals surface area contributed by atoms with Gasteiger partial charge in [-0.15, -0.1) is 0 Å². The van der Waals surface area contributed by atoms with E-state index in [9.17, 15) is 0 Å². The van der Waals surface area contributed by atoms with Gasteiger partial charge in [0.25, 0.3) is 0 Å². The predicted octanol–water partition coefficient (Wildman–Crippen LogP) is -3.80. The molecule has 4 nitrogen and oxygen atoms in total.